The highest BCUT2D eigenvalue weighted by Crippen LogP contribution is 2.34. The first-order valence-corrected chi connectivity index (χ1v) is 5.79. The number of nitrogens with zero attached hydrogens (tertiary/aromatic N) is 1. The number of rotatable bonds is 1. The van der Waals surface area contributed by atoms with E-state index < -0.39 is 0 Å². The summed E-state index contributed by atoms with van der Waals surface area (Å²) in [5.41, 5.74) is 7.64. The van der Waals surface area contributed by atoms with Crippen LogP contribution in [0.2, 0.25) is 0 Å². The van der Waals surface area contributed by atoms with Gasteiger partial charge in [0.25, 0.3) is 5.69 Å². The van der Waals surface area contributed by atoms with Gasteiger partial charge < -0.3 is 10.7 Å². The number of non-ortho nitro benzene ring substituents is 1. The van der Waals surface area contributed by atoms with Gasteiger partial charge in [0.1, 0.15) is 6.04 Å². The van der Waals surface area contributed by atoms with E-state index in [1.54, 1.807) is 18.2 Å². The Morgan fingerprint density at radius 2 is 2.29 bits per heavy atom. The van der Waals surface area contributed by atoms with Crippen molar-refractivity contribution >= 4 is 16.6 Å². The van der Waals surface area contributed by atoms with Gasteiger partial charge in [-0.25, -0.2) is 0 Å². The molecule has 1 aliphatic carbocycles. The van der Waals surface area contributed by atoms with Gasteiger partial charge in [0, 0.05) is 29.5 Å². The van der Waals surface area contributed by atoms with Crippen LogP contribution in [0.1, 0.15) is 30.1 Å². The summed E-state index contributed by atoms with van der Waals surface area (Å²) >= 11 is 0. The molecule has 3 rings (SSSR count). The van der Waals surface area contributed by atoms with E-state index in [4.69, 9.17) is 0 Å². The number of aromatic amines is 1. The van der Waals surface area contributed by atoms with Crippen molar-refractivity contribution in [3.05, 3.63) is 39.6 Å². The molecule has 0 saturated heterocycles. The summed E-state index contributed by atoms with van der Waals surface area (Å²) in [5.74, 6) is 0. The van der Waals surface area contributed by atoms with E-state index in [-0.39, 0.29) is 16.7 Å². The molecule has 1 aromatic heterocycles. The molecule has 1 heterocycles. The number of H-pyrrole nitrogens is 1. The zero-order valence-corrected chi connectivity index (χ0v) is 9.40. The van der Waals surface area contributed by atoms with Gasteiger partial charge >= 0.3 is 0 Å². The lowest BCUT2D eigenvalue weighted by Crippen LogP contribution is -2.54. The van der Waals surface area contributed by atoms with Gasteiger partial charge in [0.2, 0.25) is 0 Å². The van der Waals surface area contributed by atoms with Crippen LogP contribution in [-0.4, -0.2) is 9.91 Å². The minimum Gasteiger partial charge on any atom is -0.353 e. The van der Waals surface area contributed by atoms with Crippen LogP contribution in [0.3, 0.4) is 0 Å². The molecule has 1 aliphatic rings. The fraction of sp³-hybridized carbons (Fsp3) is 0.333. The van der Waals surface area contributed by atoms with Crippen LogP contribution in [0.4, 0.5) is 5.69 Å². The first kappa shape index (κ1) is 10.3. The molecule has 0 fully saturated rings. The Labute approximate surface area is 97.8 Å². The predicted molar refractivity (Wildman–Crippen MR) is 63.5 cm³/mol. The normalized spacial score (nSPS) is 19.2. The Morgan fingerprint density at radius 1 is 1.47 bits per heavy atom. The van der Waals surface area contributed by atoms with Crippen molar-refractivity contribution in [3.63, 3.8) is 0 Å². The number of hydrogen-bond acceptors (Lipinski definition) is 2. The molecule has 4 N–H and O–H groups in total. The van der Waals surface area contributed by atoms with Gasteiger partial charge in [-0.15, -0.1) is 0 Å². The third-order valence-electron chi connectivity index (χ3n) is 3.52. The molecule has 5 nitrogen and oxygen atoms in total. The van der Waals surface area contributed by atoms with Crippen LogP contribution in [0.15, 0.2) is 18.2 Å². The summed E-state index contributed by atoms with van der Waals surface area (Å²) in [6.07, 6.45) is 3.18. The van der Waals surface area contributed by atoms with Crippen LogP contribution in [0.5, 0.6) is 0 Å². The van der Waals surface area contributed by atoms with E-state index in [0.29, 0.717) is 0 Å². The molecule has 0 aliphatic heterocycles. The van der Waals surface area contributed by atoms with Gasteiger partial charge in [-0.3, -0.25) is 10.1 Å². The maximum absolute atomic E-state index is 10.8. The second-order valence-corrected chi connectivity index (χ2v) is 4.59. The average molecular weight is 232 g/mol. The lowest BCUT2D eigenvalue weighted by molar-refractivity contribution is -0.430. The molecule has 0 saturated carbocycles. The van der Waals surface area contributed by atoms with Crippen molar-refractivity contribution in [2.75, 3.05) is 0 Å². The van der Waals surface area contributed by atoms with Crippen molar-refractivity contribution in [1.29, 1.82) is 0 Å². The largest absolute Gasteiger partial charge is 0.353 e. The SMILES string of the molecule is [NH3+][C@@H]1CCCc2c1[nH]c1ccc([N+](=O)[O-])cc21. The molecule has 0 bridgehead atoms. The van der Waals surface area contributed by atoms with Crippen LogP contribution >= 0.6 is 0 Å². The molecule has 0 amide bonds. The molecule has 88 valence electrons. The summed E-state index contributed by atoms with van der Waals surface area (Å²) in [7, 11) is 0. The number of nitrogens with one attached hydrogen (secondary N) is 1. The summed E-state index contributed by atoms with van der Waals surface area (Å²) < 4.78 is 0. The van der Waals surface area contributed by atoms with Crippen molar-refractivity contribution in [2.24, 2.45) is 0 Å². The molecule has 1 aromatic carbocycles. The number of hydrogen-bond donors (Lipinski definition) is 2. The zero-order chi connectivity index (χ0) is 12.0. The smallest absolute Gasteiger partial charge is 0.270 e. The third-order valence-corrected chi connectivity index (χ3v) is 3.52. The number of nitro benzene ring substituents is 1. The molecule has 5 heteroatoms. The lowest BCUT2D eigenvalue weighted by atomic mass is 9.92. The fourth-order valence-corrected chi connectivity index (χ4v) is 2.66. The summed E-state index contributed by atoms with van der Waals surface area (Å²) in [4.78, 5) is 13.8. The number of nitro groups is 1. The van der Waals surface area contributed by atoms with E-state index in [1.165, 1.54) is 5.56 Å². The molecule has 0 spiro atoms. The highest BCUT2D eigenvalue weighted by Gasteiger charge is 2.24. The van der Waals surface area contributed by atoms with Crippen LogP contribution in [-0.2, 0) is 6.42 Å². The number of benzene rings is 1. The number of aryl methyl sites for hydroxylation is 1. The first-order chi connectivity index (χ1) is 8.16. The van der Waals surface area contributed by atoms with Gasteiger partial charge in [-0.05, 0) is 24.5 Å². The Bertz CT molecular complexity index is 603. The van der Waals surface area contributed by atoms with Crippen molar-refractivity contribution in [3.8, 4) is 0 Å². The van der Waals surface area contributed by atoms with E-state index >= 15 is 0 Å². The maximum Gasteiger partial charge on any atom is 0.270 e. The molecular weight excluding hydrogens is 218 g/mol. The monoisotopic (exact) mass is 232 g/mol. The number of quaternary nitrogens is 1. The highest BCUT2D eigenvalue weighted by atomic mass is 16.6. The minimum absolute atomic E-state index is 0.158. The van der Waals surface area contributed by atoms with Gasteiger partial charge in [-0.2, -0.15) is 0 Å². The molecule has 1 atom stereocenters. The van der Waals surface area contributed by atoms with E-state index in [0.717, 1.165) is 35.9 Å². The van der Waals surface area contributed by atoms with E-state index in [1.807, 2.05) is 0 Å². The first-order valence-electron chi connectivity index (χ1n) is 5.79. The van der Waals surface area contributed by atoms with Crippen molar-refractivity contribution < 1.29 is 10.7 Å². The molecule has 0 unspecified atom stereocenters. The molecule has 2 aromatic rings. The third kappa shape index (κ3) is 1.51. The molecular formula is C12H14N3O2+. The zero-order valence-electron chi connectivity index (χ0n) is 9.40. The summed E-state index contributed by atoms with van der Waals surface area (Å²) in [5, 5.41) is 11.8. The second kappa shape index (κ2) is 3.56. The Kier molecular flexibility index (Phi) is 2.16. The standard InChI is InChI=1S/C12H13N3O2/c13-10-3-1-2-8-9-6-7(15(16)17)4-5-11(9)14-12(8)10/h4-6,10,14H,1-3,13H2/p+1/t10-/m1/s1. The quantitative estimate of drug-likeness (QED) is 0.579. The number of fused-ring (bicyclic) bond motifs is 3. The summed E-state index contributed by atoms with van der Waals surface area (Å²) in [6, 6.07) is 5.29. The van der Waals surface area contributed by atoms with Crippen LogP contribution < -0.4 is 5.73 Å². The topological polar surface area (TPSA) is 86.6 Å². The average Bonchev–Trinajstić information content (AvgIpc) is 2.68. The van der Waals surface area contributed by atoms with Crippen molar-refractivity contribution in [2.45, 2.75) is 25.3 Å². The van der Waals surface area contributed by atoms with Gasteiger partial charge in [0.15, 0.2) is 0 Å². The maximum atomic E-state index is 10.8. The predicted octanol–water partition coefficient (Wildman–Crippen LogP) is 1.70. The van der Waals surface area contributed by atoms with E-state index in [9.17, 15) is 10.1 Å². The summed E-state index contributed by atoms with van der Waals surface area (Å²) in [6.45, 7) is 0. The lowest BCUT2D eigenvalue weighted by Gasteiger charge is -2.15. The fourth-order valence-electron chi connectivity index (χ4n) is 2.66. The van der Waals surface area contributed by atoms with Crippen LogP contribution in [0.25, 0.3) is 10.9 Å². The van der Waals surface area contributed by atoms with Crippen molar-refractivity contribution in [1.82, 2.24) is 4.98 Å². The number of aromatic nitrogens is 1. The van der Waals surface area contributed by atoms with E-state index in [2.05, 4.69) is 10.7 Å². The van der Waals surface area contributed by atoms with Crippen LogP contribution in [0, 0.1) is 10.1 Å². The Hall–Kier alpha value is -1.88. The second-order valence-electron chi connectivity index (χ2n) is 4.59. The van der Waals surface area contributed by atoms with Gasteiger partial charge in [-0.1, -0.05) is 0 Å². The van der Waals surface area contributed by atoms with Gasteiger partial charge in [0.05, 0.1) is 10.6 Å². The minimum atomic E-state index is -0.344. The Morgan fingerprint density at radius 3 is 3.06 bits per heavy atom. The molecule has 0 radical (unpaired) electrons. The molecule has 17 heavy (non-hydrogen) atoms. The highest BCUT2D eigenvalue weighted by molar-refractivity contribution is 5.87. The Balaban J connectivity index is 2.25.